The lowest BCUT2D eigenvalue weighted by Gasteiger charge is -2.27. The van der Waals surface area contributed by atoms with Gasteiger partial charge in [-0.2, -0.15) is 4.98 Å². The topological polar surface area (TPSA) is 109 Å². The molecule has 168 valence electrons. The van der Waals surface area contributed by atoms with Crippen molar-refractivity contribution in [3.63, 3.8) is 0 Å². The first kappa shape index (κ1) is 20.7. The number of aromatic nitrogens is 4. The minimum atomic E-state index is 0.0431. The molecule has 1 saturated heterocycles. The second-order valence-electron chi connectivity index (χ2n) is 8.59. The minimum absolute atomic E-state index is 0.0431. The number of hydrogen-bond donors (Lipinski definition) is 3. The number of imidazole rings is 1. The van der Waals surface area contributed by atoms with Gasteiger partial charge in [0.15, 0.2) is 12.1 Å². The van der Waals surface area contributed by atoms with Crippen LogP contribution in [-0.4, -0.2) is 58.1 Å². The molecule has 1 saturated carbocycles. The molecule has 3 heterocycles. The number of morpholine rings is 1. The van der Waals surface area contributed by atoms with Gasteiger partial charge in [-0.15, -0.1) is 0 Å². The molecule has 9 nitrogen and oxygen atoms in total. The van der Waals surface area contributed by atoms with E-state index in [1.165, 1.54) is 19.3 Å². The van der Waals surface area contributed by atoms with Gasteiger partial charge in [0.2, 0.25) is 5.52 Å². The molecule has 0 atom stereocenters. The highest BCUT2D eigenvalue weighted by Gasteiger charge is 2.22. The van der Waals surface area contributed by atoms with Crippen LogP contribution in [0.15, 0.2) is 24.5 Å². The average Bonchev–Trinajstić information content (AvgIpc) is 3.30. The normalized spacial score (nSPS) is 17.5. The molecule has 1 amide bonds. The number of fused-ring (bicyclic) bond motifs is 1. The van der Waals surface area contributed by atoms with Gasteiger partial charge in [-0.05, 0) is 43.5 Å². The first-order valence-corrected chi connectivity index (χ1v) is 11.5. The van der Waals surface area contributed by atoms with E-state index >= 15 is 0 Å². The second-order valence-corrected chi connectivity index (χ2v) is 8.59. The molecular formula is C23H30N7O2+. The van der Waals surface area contributed by atoms with Crippen LogP contribution in [0.3, 0.4) is 0 Å². The van der Waals surface area contributed by atoms with Crippen LogP contribution >= 0.6 is 0 Å². The number of nitrogens with zero attached hydrogens (tertiary/aromatic N) is 3. The van der Waals surface area contributed by atoms with E-state index in [9.17, 15) is 4.79 Å². The van der Waals surface area contributed by atoms with Crippen molar-refractivity contribution in [3.05, 3.63) is 35.7 Å². The molecule has 0 spiro atoms. The van der Waals surface area contributed by atoms with Crippen LogP contribution in [0.4, 0.5) is 17.5 Å². The Balaban J connectivity index is 1.36. The molecule has 4 N–H and O–H groups in total. The zero-order valence-corrected chi connectivity index (χ0v) is 18.4. The summed E-state index contributed by atoms with van der Waals surface area (Å²) in [6.07, 6.45) is 7.91. The molecule has 5 rings (SSSR count). The Labute approximate surface area is 187 Å². The van der Waals surface area contributed by atoms with E-state index in [-0.39, 0.29) is 5.91 Å². The average molecular weight is 437 g/mol. The smallest absolute Gasteiger partial charge is 0.307 e. The van der Waals surface area contributed by atoms with Gasteiger partial charge >= 0.3 is 11.6 Å². The third kappa shape index (κ3) is 4.38. The van der Waals surface area contributed by atoms with Crippen LogP contribution in [0, 0.1) is 6.92 Å². The predicted octanol–water partition coefficient (Wildman–Crippen LogP) is 3.04. The molecule has 0 bridgehead atoms. The molecule has 9 heteroatoms. The van der Waals surface area contributed by atoms with E-state index in [0.29, 0.717) is 43.9 Å². The van der Waals surface area contributed by atoms with E-state index in [1.54, 1.807) is 6.33 Å². The van der Waals surface area contributed by atoms with Gasteiger partial charge in [-0.1, -0.05) is 24.2 Å². The molecule has 32 heavy (non-hydrogen) atoms. The Hall–Kier alpha value is -3.20. The van der Waals surface area contributed by atoms with E-state index in [1.807, 2.05) is 30.0 Å². The Bertz CT molecular complexity index is 1100. The fourth-order valence-corrected chi connectivity index (χ4v) is 4.49. The zero-order valence-electron chi connectivity index (χ0n) is 18.4. The number of amides is 1. The molecule has 0 unspecified atom stereocenters. The van der Waals surface area contributed by atoms with Gasteiger partial charge < -0.3 is 20.3 Å². The summed E-state index contributed by atoms with van der Waals surface area (Å²) in [6, 6.07) is 6.13. The number of nitrogens with one attached hydrogen (secondary N) is 4. The van der Waals surface area contributed by atoms with E-state index in [4.69, 9.17) is 9.72 Å². The largest absolute Gasteiger partial charge is 0.378 e. The summed E-state index contributed by atoms with van der Waals surface area (Å²) in [7, 11) is 0. The number of carbonyl (C=O) groups excluding carboxylic acids is 1. The summed E-state index contributed by atoms with van der Waals surface area (Å²) in [5.41, 5.74) is 4.15. The Morgan fingerprint density at radius 3 is 2.78 bits per heavy atom. The fraction of sp³-hybridized carbons (Fsp3) is 0.478. The summed E-state index contributed by atoms with van der Waals surface area (Å²) < 4.78 is 5.35. The van der Waals surface area contributed by atoms with Crippen molar-refractivity contribution in [2.24, 2.45) is 0 Å². The van der Waals surface area contributed by atoms with Crippen molar-refractivity contribution >= 4 is 34.5 Å². The molecule has 1 aliphatic carbocycles. The second kappa shape index (κ2) is 9.12. The van der Waals surface area contributed by atoms with E-state index < -0.39 is 0 Å². The Morgan fingerprint density at radius 2 is 2.00 bits per heavy atom. The lowest BCUT2D eigenvalue weighted by Crippen LogP contribution is -2.40. The maximum absolute atomic E-state index is 12.8. The van der Waals surface area contributed by atoms with E-state index in [0.717, 1.165) is 41.1 Å². The van der Waals surface area contributed by atoms with Crippen molar-refractivity contribution in [3.8, 4) is 0 Å². The first-order chi connectivity index (χ1) is 15.7. The predicted molar refractivity (Wildman–Crippen MR) is 122 cm³/mol. The van der Waals surface area contributed by atoms with Crippen molar-refractivity contribution in [1.82, 2.24) is 19.9 Å². The van der Waals surface area contributed by atoms with Crippen LogP contribution in [0.1, 0.15) is 48.0 Å². The van der Waals surface area contributed by atoms with Crippen molar-refractivity contribution < 1.29 is 14.5 Å². The number of aromatic amines is 2. The highest BCUT2D eigenvalue weighted by molar-refractivity contribution is 5.95. The van der Waals surface area contributed by atoms with Crippen LogP contribution in [0.2, 0.25) is 0 Å². The van der Waals surface area contributed by atoms with Gasteiger partial charge in [-0.25, -0.2) is 4.98 Å². The monoisotopic (exact) mass is 436 g/mol. The molecule has 1 aromatic carbocycles. The van der Waals surface area contributed by atoms with Crippen LogP contribution in [0.5, 0.6) is 0 Å². The van der Waals surface area contributed by atoms with Gasteiger partial charge in [0.25, 0.3) is 5.91 Å². The lowest BCUT2D eigenvalue weighted by atomic mass is 9.95. The molecule has 2 aromatic heterocycles. The summed E-state index contributed by atoms with van der Waals surface area (Å²) in [5, 5.41) is 6.94. The Kier molecular flexibility index (Phi) is 5.89. The number of aryl methyl sites for hydroxylation is 1. The molecule has 1 aliphatic heterocycles. The SMILES string of the molecule is Cc1cc(C(=O)N2CCOCC2)ccc1Nc1nc(NC2CCCCC2)c2[nH]c[nH+]c2n1. The highest BCUT2D eigenvalue weighted by atomic mass is 16.5. The molecule has 2 aliphatic rings. The molecule has 0 radical (unpaired) electrons. The maximum Gasteiger partial charge on any atom is 0.307 e. The van der Waals surface area contributed by atoms with Crippen LogP contribution in [-0.2, 0) is 4.74 Å². The quantitative estimate of drug-likeness (QED) is 0.567. The number of benzene rings is 1. The fourth-order valence-electron chi connectivity index (χ4n) is 4.49. The molecule has 2 fully saturated rings. The Morgan fingerprint density at radius 1 is 1.19 bits per heavy atom. The number of H-pyrrole nitrogens is 2. The summed E-state index contributed by atoms with van der Waals surface area (Å²) in [5.74, 6) is 1.37. The molecular weight excluding hydrogens is 406 g/mol. The van der Waals surface area contributed by atoms with Crippen molar-refractivity contribution in [2.45, 2.75) is 45.1 Å². The third-order valence-electron chi connectivity index (χ3n) is 6.30. The standard InChI is InChI=1S/C23H29N7O2/c1-15-13-16(22(31)30-9-11-32-12-10-30)7-8-18(15)27-23-28-20-19(24-14-25-20)21(29-23)26-17-5-3-2-4-6-17/h7-8,13-14,17H,2-6,9-12H2,1H3,(H3,24,25,26,27,28,29)/p+1. The van der Waals surface area contributed by atoms with Gasteiger partial charge in [0.05, 0.1) is 13.2 Å². The van der Waals surface area contributed by atoms with Crippen molar-refractivity contribution in [2.75, 3.05) is 36.9 Å². The van der Waals surface area contributed by atoms with Gasteiger partial charge in [-0.3, -0.25) is 9.78 Å². The minimum Gasteiger partial charge on any atom is -0.378 e. The highest BCUT2D eigenvalue weighted by Crippen LogP contribution is 2.26. The summed E-state index contributed by atoms with van der Waals surface area (Å²) >= 11 is 0. The zero-order chi connectivity index (χ0) is 21.9. The maximum atomic E-state index is 12.8. The van der Waals surface area contributed by atoms with Gasteiger partial charge in [0.1, 0.15) is 0 Å². The lowest BCUT2D eigenvalue weighted by molar-refractivity contribution is -0.347. The number of hydrogen-bond acceptors (Lipinski definition) is 6. The van der Waals surface area contributed by atoms with Crippen molar-refractivity contribution in [1.29, 1.82) is 0 Å². The molecule has 3 aromatic rings. The number of carbonyl (C=O) groups is 1. The van der Waals surface area contributed by atoms with E-state index in [2.05, 4.69) is 25.6 Å². The summed E-state index contributed by atoms with van der Waals surface area (Å²) in [4.78, 5) is 30.4. The number of anilines is 3. The summed E-state index contributed by atoms with van der Waals surface area (Å²) in [6.45, 7) is 4.45. The van der Waals surface area contributed by atoms with Crippen LogP contribution in [0.25, 0.3) is 11.2 Å². The number of rotatable bonds is 5. The van der Waals surface area contributed by atoms with Gasteiger partial charge in [0, 0.05) is 30.4 Å². The van der Waals surface area contributed by atoms with Crippen LogP contribution < -0.4 is 15.6 Å². The number of ether oxygens (including phenoxy) is 1. The third-order valence-corrected chi connectivity index (χ3v) is 6.30. The first-order valence-electron chi connectivity index (χ1n) is 11.5.